The smallest absolute Gasteiger partial charge is 0.368 e. The third-order valence-electron chi connectivity index (χ3n) is 8.49. The van der Waals surface area contributed by atoms with Gasteiger partial charge in [0.05, 0.1) is 11.6 Å². The minimum atomic E-state index is -4.39. The van der Waals surface area contributed by atoms with Crippen molar-refractivity contribution in [3.8, 4) is 0 Å². The van der Waals surface area contributed by atoms with Gasteiger partial charge in [-0.3, -0.25) is 9.59 Å². The van der Waals surface area contributed by atoms with E-state index < -0.39 is 17.8 Å². The molecule has 0 spiro atoms. The number of likely N-dealkylation sites (tertiary alicyclic amines) is 1. The van der Waals surface area contributed by atoms with Gasteiger partial charge in [-0.2, -0.15) is 13.2 Å². The number of rotatable bonds is 7. The second kappa shape index (κ2) is 11.9. The number of nitrogens with two attached hydrogens (primary N) is 1. The summed E-state index contributed by atoms with van der Waals surface area (Å²) in [6, 6.07) is 12.8. The van der Waals surface area contributed by atoms with Crippen molar-refractivity contribution in [2.75, 3.05) is 13.1 Å². The van der Waals surface area contributed by atoms with Crippen LogP contribution in [-0.4, -0.2) is 46.9 Å². The maximum atomic E-state index is 12.7. The first-order chi connectivity index (χ1) is 19.2. The zero-order valence-electron chi connectivity index (χ0n) is 22.3. The van der Waals surface area contributed by atoms with Crippen LogP contribution in [0.15, 0.2) is 60.8 Å². The first kappa shape index (κ1) is 28.0. The van der Waals surface area contributed by atoms with Gasteiger partial charge in [-0.25, -0.2) is 0 Å². The van der Waals surface area contributed by atoms with E-state index in [0.717, 1.165) is 43.3 Å². The zero-order valence-corrected chi connectivity index (χ0v) is 22.3. The van der Waals surface area contributed by atoms with E-state index >= 15 is 0 Å². The number of fused-ring (bicyclic) bond motifs is 1. The van der Waals surface area contributed by atoms with Crippen molar-refractivity contribution < 1.29 is 22.8 Å². The number of halogens is 3. The topological polar surface area (TPSA) is 91.2 Å². The molecule has 2 aliphatic rings. The highest BCUT2D eigenvalue weighted by Crippen LogP contribution is 2.37. The van der Waals surface area contributed by atoms with Crippen LogP contribution in [0.4, 0.5) is 13.2 Å². The van der Waals surface area contributed by atoms with Crippen molar-refractivity contribution in [1.82, 2.24) is 15.2 Å². The molecule has 1 aliphatic carbocycles. The van der Waals surface area contributed by atoms with Crippen molar-refractivity contribution in [1.29, 1.82) is 0 Å². The van der Waals surface area contributed by atoms with Crippen LogP contribution in [0.5, 0.6) is 0 Å². The average Bonchev–Trinajstić information content (AvgIpc) is 3.39. The highest BCUT2D eigenvalue weighted by atomic mass is 19.4. The van der Waals surface area contributed by atoms with Crippen LogP contribution < -0.4 is 11.1 Å². The van der Waals surface area contributed by atoms with Crippen LogP contribution in [0, 0.1) is 5.92 Å². The maximum Gasteiger partial charge on any atom is 0.416 e. The number of amides is 2. The molecule has 40 heavy (non-hydrogen) atoms. The van der Waals surface area contributed by atoms with Gasteiger partial charge in [0.25, 0.3) is 0 Å². The summed E-state index contributed by atoms with van der Waals surface area (Å²) in [5, 5.41) is 4.84. The SMILES string of the molecule is NC(=O)C(NC1CCC(c2c[nH]c3ccccc23)CC1)C1CCN(C(=O)C=Cc2ccc(C(F)(F)F)cc2)CC1. The molecule has 1 saturated carbocycles. The second-order valence-corrected chi connectivity index (χ2v) is 11.0. The Morgan fingerprint density at radius 2 is 1.65 bits per heavy atom. The minimum absolute atomic E-state index is 0.0479. The Kier molecular flexibility index (Phi) is 8.30. The fraction of sp³-hybridized carbons (Fsp3) is 0.419. The third-order valence-corrected chi connectivity index (χ3v) is 8.49. The fourth-order valence-corrected chi connectivity index (χ4v) is 6.22. The molecular formula is C31H35F3N4O2. The molecule has 2 amide bonds. The van der Waals surface area contributed by atoms with E-state index in [1.807, 2.05) is 6.07 Å². The fourth-order valence-electron chi connectivity index (χ4n) is 6.22. The average molecular weight is 553 g/mol. The molecule has 1 aliphatic heterocycles. The number of benzene rings is 2. The van der Waals surface area contributed by atoms with E-state index in [1.54, 1.807) is 4.90 Å². The van der Waals surface area contributed by atoms with Crippen molar-refractivity contribution in [2.24, 2.45) is 11.7 Å². The first-order valence-corrected chi connectivity index (χ1v) is 13.9. The van der Waals surface area contributed by atoms with Gasteiger partial charge in [0.2, 0.25) is 11.8 Å². The number of carbonyl (C=O) groups excluding carboxylic acids is 2. The van der Waals surface area contributed by atoms with Crippen LogP contribution >= 0.6 is 0 Å². The number of alkyl halides is 3. The first-order valence-electron chi connectivity index (χ1n) is 13.9. The number of hydrogen-bond acceptors (Lipinski definition) is 3. The number of hydrogen-bond donors (Lipinski definition) is 3. The number of aromatic amines is 1. The number of para-hydroxylation sites is 1. The number of piperidine rings is 1. The lowest BCUT2D eigenvalue weighted by Gasteiger charge is -2.38. The predicted octanol–water partition coefficient (Wildman–Crippen LogP) is 5.61. The van der Waals surface area contributed by atoms with E-state index in [0.29, 0.717) is 37.4 Å². The Hall–Kier alpha value is -3.59. The molecule has 2 heterocycles. The van der Waals surface area contributed by atoms with Gasteiger partial charge in [0.15, 0.2) is 0 Å². The van der Waals surface area contributed by atoms with Crippen LogP contribution in [0.3, 0.4) is 0 Å². The van der Waals surface area contributed by atoms with Gasteiger partial charge in [0.1, 0.15) is 0 Å². The summed E-state index contributed by atoms with van der Waals surface area (Å²) in [6.45, 7) is 0.999. The summed E-state index contributed by atoms with van der Waals surface area (Å²) in [5.41, 5.74) is 8.15. The molecule has 3 aromatic rings. The monoisotopic (exact) mass is 552 g/mol. The molecule has 1 unspecified atom stereocenters. The summed E-state index contributed by atoms with van der Waals surface area (Å²) < 4.78 is 38.2. The lowest BCUT2D eigenvalue weighted by Crippen LogP contribution is -2.54. The molecule has 2 aromatic carbocycles. The van der Waals surface area contributed by atoms with E-state index in [9.17, 15) is 22.8 Å². The molecule has 2 fully saturated rings. The molecule has 0 bridgehead atoms. The molecule has 9 heteroatoms. The normalized spacial score (nSPS) is 21.6. The Morgan fingerprint density at radius 1 is 0.975 bits per heavy atom. The van der Waals surface area contributed by atoms with E-state index in [-0.39, 0.29) is 23.8 Å². The van der Waals surface area contributed by atoms with Gasteiger partial charge in [0, 0.05) is 42.3 Å². The predicted molar refractivity (Wildman–Crippen MR) is 149 cm³/mol. The van der Waals surface area contributed by atoms with Crippen LogP contribution in [-0.2, 0) is 15.8 Å². The van der Waals surface area contributed by atoms with Crippen molar-refractivity contribution >= 4 is 28.8 Å². The zero-order chi connectivity index (χ0) is 28.3. The molecule has 1 saturated heterocycles. The van der Waals surface area contributed by atoms with Crippen LogP contribution in [0.25, 0.3) is 17.0 Å². The lowest BCUT2D eigenvalue weighted by atomic mass is 9.80. The molecule has 212 valence electrons. The van der Waals surface area contributed by atoms with E-state index in [4.69, 9.17) is 5.73 Å². The Bertz CT molecular complexity index is 1350. The Labute approximate surface area is 231 Å². The summed E-state index contributed by atoms with van der Waals surface area (Å²) in [4.78, 5) is 30.2. The quantitative estimate of drug-likeness (QED) is 0.333. The molecule has 4 N–H and O–H groups in total. The van der Waals surface area contributed by atoms with Crippen molar-refractivity contribution in [3.05, 3.63) is 77.5 Å². The maximum absolute atomic E-state index is 12.7. The third kappa shape index (κ3) is 6.41. The van der Waals surface area contributed by atoms with Gasteiger partial charge < -0.3 is 20.9 Å². The molecule has 1 aromatic heterocycles. The summed E-state index contributed by atoms with van der Waals surface area (Å²) in [7, 11) is 0. The summed E-state index contributed by atoms with van der Waals surface area (Å²) in [6.07, 6.45) is 6.00. The van der Waals surface area contributed by atoms with Gasteiger partial charge in [-0.05, 0) is 85.8 Å². The number of primary amides is 1. The number of H-pyrrole nitrogens is 1. The van der Waals surface area contributed by atoms with E-state index in [1.165, 1.54) is 35.2 Å². The van der Waals surface area contributed by atoms with Crippen LogP contribution in [0.2, 0.25) is 0 Å². The number of nitrogens with one attached hydrogen (secondary N) is 2. The molecule has 0 radical (unpaired) electrons. The largest absolute Gasteiger partial charge is 0.416 e. The Balaban J connectivity index is 1.11. The highest BCUT2D eigenvalue weighted by Gasteiger charge is 2.34. The molecule has 6 nitrogen and oxygen atoms in total. The van der Waals surface area contributed by atoms with E-state index in [2.05, 4.69) is 34.7 Å². The number of nitrogens with zero attached hydrogens (tertiary/aromatic N) is 1. The molecular weight excluding hydrogens is 517 g/mol. The second-order valence-electron chi connectivity index (χ2n) is 11.0. The van der Waals surface area contributed by atoms with Gasteiger partial charge >= 0.3 is 6.18 Å². The van der Waals surface area contributed by atoms with Gasteiger partial charge in [-0.15, -0.1) is 0 Å². The van der Waals surface area contributed by atoms with Crippen molar-refractivity contribution in [2.45, 2.75) is 62.7 Å². The minimum Gasteiger partial charge on any atom is -0.368 e. The highest BCUT2D eigenvalue weighted by molar-refractivity contribution is 5.92. The van der Waals surface area contributed by atoms with Crippen molar-refractivity contribution in [3.63, 3.8) is 0 Å². The van der Waals surface area contributed by atoms with Crippen LogP contribution in [0.1, 0.15) is 61.1 Å². The number of aromatic nitrogens is 1. The standard InChI is InChI=1S/C31H35F3N4O2/c32-31(33,34)23-10-5-20(6-11-23)7-14-28(39)38-17-15-22(16-18-38)29(30(35)40)37-24-12-8-21(9-13-24)26-19-36-27-4-2-1-3-25(26)27/h1-7,10-11,14,19,21-22,24,29,36-37H,8-9,12-13,15-18H2,(H2,35,40). The lowest BCUT2D eigenvalue weighted by molar-refractivity contribution is -0.137. The number of carbonyl (C=O) groups is 2. The molecule has 5 rings (SSSR count). The molecule has 1 atom stereocenters. The summed E-state index contributed by atoms with van der Waals surface area (Å²) in [5.74, 6) is -0.0128. The van der Waals surface area contributed by atoms with Gasteiger partial charge in [-0.1, -0.05) is 30.3 Å². The summed E-state index contributed by atoms with van der Waals surface area (Å²) >= 11 is 0. The Morgan fingerprint density at radius 3 is 2.30 bits per heavy atom.